The van der Waals surface area contributed by atoms with E-state index in [4.69, 9.17) is 21.4 Å². The standard InChI is InChI=1S/C23H24ClN5O2/c1-14-3-7-19(28-26-10-9-25)18(11-14)23(30)29-13-16(5-4-15(29)2)22-27-20-12-17(24)6-8-21(20)31-22/h3,6-9,11-12,15-16,25H,4-5,10,13H2,1-2H3/t15-,16-/m1/s1. The Balaban J connectivity index is 1.61. The number of oxazole rings is 1. The van der Waals surface area contributed by atoms with Gasteiger partial charge in [-0.05, 0) is 57.0 Å². The SMILES string of the molecule is Cc1ccc(N=NCC=N)c(C(=O)N2C[C@H](c3nc4cc(Cl)ccc4o3)CC[C@H]2C)c1. The van der Waals surface area contributed by atoms with E-state index in [1.54, 1.807) is 18.2 Å². The number of fused-ring (bicyclic) bond motifs is 1. The lowest BCUT2D eigenvalue weighted by Crippen LogP contribution is -2.45. The molecule has 1 aliphatic heterocycles. The minimum atomic E-state index is -0.0798. The van der Waals surface area contributed by atoms with Crippen molar-refractivity contribution >= 4 is 40.5 Å². The van der Waals surface area contributed by atoms with Crippen LogP contribution in [-0.4, -0.2) is 41.1 Å². The number of aryl methyl sites for hydroxylation is 1. The van der Waals surface area contributed by atoms with Crippen molar-refractivity contribution in [2.75, 3.05) is 13.1 Å². The molecule has 8 heteroatoms. The Morgan fingerprint density at radius 3 is 2.97 bits per heavy atom. The first-order valence-corrected chi connectivity index (χ1v) is 10.7. The number of piperidine rings is 1. The highest BCUT2D eigenvalue weighted by atomic mass is 35.5. The average molecular weight is 438 g/mol. The minimum absolute atomic E-state index is 0.0131. The first-order valence-electron chi connectivity index (χ1n) is 10.3. The van der Waals surface area contributed by atoms with Gasteiger partial charge in [-0.15, -0.1) is 0 Å². The predicted octanol–water partition coefficient (Wildman–Crippen LogP) is 5.93. The molecule has 0 radical (unpaired) electrons. The smallest absolute Gasteiger partial charge is 0.256 e. The van der Waals surface area contributed by atoms with E-state index in [0.29, 0.717) is 34.3 Å². The van der Waals surface area contributed by atoms with E-state index in [9.17, 15) is 4.79 Å². The Morgan fingerprint density at radius 2 is 2.16 bits per heavy atom. The van der Waals surface area contributed by atoms with Crippen molar-refractivity contribution in [3.63, 3.8) is 0 Å². The van der Waals surface area contributed by atoms with Crippen LogP contribution in [0.4, 0.5) is 5.69 Å². The van der Waals surface area contributed by atoms with Gasteiger partial charge in [-0.3, -0.25) is 4.79 Å². The second-order valence-electron chi connectivity index (χ2n) is 7.89. The summed E-state index contributed by atoms with van der Waals surface area (Å²) < 4.78 is 5.98. The number of halogens is 1. The molecule has 1 saturated heterocycles. The number of benzene rings is 2. The van der Waals surface area contributed by atoms with E-state index in [-0.39, 0.29) is 24.4 Å². The van der Waals surface area contributed by atoms with Crippen LogP contribution in [0, 0.1) is 12.3 Å². The molecule has 1 aromatic heterocycles. The Bertz CT molecular complexity index is 1160. The summed E-state index contributed by atoms with van der Waals surface area (Å²) in [6.07, 6.45) is 2.92. The molecule has 31 heavy (non-hydrogen) atoms. The quantitative estimate of drug-likeness (QED) is 0.395. The van der Waals surface area contributed by atoms with E-state index in [1.807, 2.05) is 30.0 Å². The molecule has 4 rings (SSSR count). The van der Waals surface area contributed by atoms with Crippen molar-refractivity contribution in [3.8, 4) is 0 Å². The van der Waals surface area contributed by atoms with Crippen LogP contribution in [0.2, 0.25) is 5.02 Å². The lowest BCUT2D eigenvalue weighted by Gasteiger charge is -2.37. The zero-order valence-electron chi connectivity index (χ0n) is 17.5. The lowest BCUT2D eigenvalue weighted by molar-refractivity contribution is 0.0598. The summed E-state index contributed by atoms with van der Waals surface area (Å²) in [6.45, 7) is 4.71. The monoisotopic (exact) mass is 437 g/mol. The third kappa shape index (κ3) is 4.51. The molecule has 7 nitrogen and oxygen atoms in total. The maximum Gasteiger partial charge on any atom is 0.256 e. The van der Waals surface area contributed by atoms with Crippen molar-refractivity contribution in [1.29, 1.82) is 5.41 Å². The molecule has 0 saturated carbocycles. The summed E-state index contributed by atoms with van der Waals surface area (Å²) in [5.41, 5.74) is 3.44. The molecule has 0 spiro atoms. The molecule has 2 heterocycles. The van der Waals surface area contributed by atoms with E-state index in [0.717, 1.165) is 23.9 Å². The number of carbonyl (C=O) groups is 1. The molecule has 0 unspecified atom stereocenters. The summed E-state index contributed by atoms with van der Waals surface area (Å²) in [4.78, 5) is 20.0. The lowest BCUT2D eigenvalue weighted by atomic mass is 9.92. The van der Waals surface area contributed by atoms with Crippen molar-refractivity contribution < 1.29 is 9.21 Å². The molecular weight excluding hydrogens is 414 g/mol. The van der Waals surface area contributed by atoms with Crippen LogP contribution in [0.15, 0.2) is 51.0 Å². The molecule has 3 aromatic rings. The Kier molecular flexibility index (Phi) is 6.13. The van der Waals surface area contributed by atoms with E-state index >= 15 is 0 Å². The highest BCUT2D eigenvalue weighted by Crippen LogP contribution is 2.34. The molecule has 0 aliphatic carbocycles. The van der Waals surface area contributed by atoms with Crippen molar-refractivity contribution in [2.24, 2.45) is 10.2 Å². The van der Waals surface area contributed by atoms with E-state index < -0.39 is 0 Å². The van der Waals surface area contributed by atoms with Crippen LogP contribution in [0.3, 0.4) is 0 Å². The summed E-state index contributed by atoms with van der Waals surface area (Å²) in [5.74, 6) is 0.570. The number of likely N-dealkylation sites (tertiary alicyclic amines) is 1. The van der Waals surface area contributed by atoms with Gasteiger partial charge < -0.3 is 14.7 Å². The molecule has 2 atom stereocenters. The Hall–Kier alpha value is -3.06. The van der Waals surface area contributed by atoms with Crippen molar-refractivity contribution in [2.45, 2.75) is 38.6 Å². The number of aromatic nitrogens is 1. The number of hydrogen-bond acceptors (Lipinski definition) is 6. The fourth-order valence-corrected chi connectivity index (χ4v) is 4.07. The first kappa shape index (κ1) is 21.2. The van der Waals surface area contributed by atoms with Crippen LogP contribution >= 0.6 is 11.6 Å². The molecule has 2 aromatic carbocycles. The van der Waals surface area contributed by atoms with Crippen LogP contribution in [-0.2, 0) is 0 Å². The summed E-state index contributed by atoms with van der Waals surface area (Å²) in [7, 11) is 0. The second kappa shape index (κ2) is 8.98. The maximum absolute atomic E-state index is 13.5. The first-order chi connectivity index (χ1) is 15.0. The third-order valence-corrected chi connectivity index (χ3v) is 5.83. The van der Waals surface area contributed by atoms with Crippen molar-refractivity contribution in [1.82, 2.24) is 9.88 Å². The number of azo groups is 1. The maximum atomic E-state index is 13.5. The second-order valence-corrected chi connectivity index (χ2v) is 8.33. The van der Waals surface area contributed by atoms with Gasteiger partial charge in [0.05, 0.1) is 23.7 Å². The summed E-state index contributed by atoms with van der Waals surface area (Å²) in [6, 6.07) is 11.0. The fourth-order valence-electron chi connectivity index (χ4n) is 3.91. The number of amides is 1. The van der Waals surface area contributed by atoms with Gasteiger partial charge in [0.1, 0.15) is 5.52 Å². The average Bonchev–Trinajstić information content (AvgIpc) is 3.18. The highest BCUT2D eigenvalue weighted by Gasteiger charge is 2.33. The summed E-state index contributed by atoms with van der Waals surface area (Å²) in [5, 5.41) is 15.9. The predicted molar refractivity (Wildman–Crippen MR) is 121 cm³/mol. The van der Waals surface area contributed by atoms with Crippen LogP contribution in [0.25, 0.3) is 11.1 Å². The molecule has 1 amide bonds. The van der Waals surface area contributed by atoms with Crippen LogP contribution in [0.1, 0.15) is 47.5 Å². The number of rotatable bonds is 5. The molecule has 160 valence electrons. The molecule has 1 N–H and O–H groups in total. The van der Waals surface area contributed by atoms with Gasteiger partial charge in [0, 0.05) is 23.8 Å². The largest absolute Gasteiger partial charge is 0.440 e. The van der Waals surface area contributed by atoms with Gasteiger partial charge in [0.15, 0.2) is 11.5 Å². The Morgan fingerprint density at radius 1 is 1.32 bits per heavy atom. The van der Waals surface area contributed by atoms with Crippen molar-refractivity contribution in [3.05, 3.63) is 58.4 Å². The number of nitrogens with zero attached hydrogens (tertiary/aromatic N) is 4. The van der Waals surface area contributed by atoms with E-state index in [1.165, 1.54) is 6.21 Å². The molecule has 0 bridgehead atoms. The van der Waals surface area contributed by atoms with E-state index in [2.05, 4.69) is 22.1 Å². The zero-order chi connectivity index (χ0) is 22.0. The van der Waals surface area contributed by atoms with Gasteiger partial charge in [-0.2, -0.15) is 10.2 Å². The van der Waals surface area contributed by atoms with Gasteiger partial charge >= 0.3 is 0 Å². The van der Waals surface area contributed by atoms with Gasteiger partial charge in [-0.25, -0.2) is 4.98 Å². The Labute approximate surface area is 185 Å². The number of nitrogens with one attached hydrogen (secondary N) is 1. The number of carbonyl (C=O) groups excluding carboxylic acids is 1. The topological polar surface area (TPSA) is 94.9 Å². The molecular formula is C23H24ClN5O2. The molecule has 1 fully saturated rings. The van der Waals surface area contributed by atoms with Crippen LogP contribution in [0.5, 0.6) is 0 Å². The number of hydrogen-bond donors (Lipinski definition) is 1. The summed E-state index contributed by atoms with van der Waals surface area (Å²) >= 11 is 6.07. The normalized spacial score (nSPS) is 19.3. The van der Waals surface area contributed by atoms with Gasteiger partial charge in [0.25, 0.3) is 5.91 Å². The zero-order valence-corrected chi connectivity index (χ0v) is 18.3. The highest BCUT2D eigenvalue weighted by molar-refractivity contribution is 6.31. The van der Waals surface area contributed by atoms with Gasteiger partial charge in [-0.1, -0.05) is 23.2 Å². The molecule has 1 aliphatic rings. The third-order valence-electron chi connectivity index (χ3n) is 5.59. The van der Waals surface area contributed by atoms with Gasteiger partial charge in [0.2, 0.25) is 0 Å². The minimum Gasteiger partial charge on any atom is -0.440 e. The fraction of sp³-hybridized carbons (Fsp3) is 0.348. The van der Waals surface area contributed by atoms with Crippen LogP contribution < -0.4 is 0 Å².